The molecule has 0 aliphatic rings. The zero-order valence-corrected chi connectivity index (χ0v) is 12.1. The average molecular weight is 292 g/mol. The lowest BCUT2D eigenvalue weighted by molar-refractivity contribution is -0.122. The summed E-state index contributed by atoms with van der Waals surface area (Å²) in [6.07, 6.45) is 0. The summed E-state index contributed by atoms with van der Waals surface area (Å²) in [7, 11) is -3.81. The maximum absolute atomic E-state index is 12.3. The molecule has 1 amide bonds. The molecule has 6 heteroatoms. The summed E-state index contributed by atoms with van der Waals surface area (Å²) in [4.78, 5) is 11.3. The normalized spacial score (nSPS) is 12.5. The summed E-state index contributed by atoms with van der Waals surface area (Å²) in [5.41, 5.74) is 3.84. The highest BCUT2D eigenvalue weighted by atomic mass is 32.2. The van der Waals surface area contributed by atoms with Crippen LogP contribution in [0, 0.1) is 0 Å². The number of hydrogen-bond donors (Lipinski definition) is 2. The van der Waals surface area contributed by atoms with Gasteiger partial charge in [0.05, 0.1) is 4.90 Å². The number of hydrogen-bond acceptors (Lipinski definition) is 3. The van der Waals surface area contributed by atoms with E-state index in [0.29, 0.717) is 0 Å². The second-order valence-electron chi connectivity index (χ2n) is 5.10. The average Bonchev–Trinajstić information content (AvgIpc) is 2.36. The van der Waals surface area contributed by atoms with Crippen LogP contribution in [-0.2, 0) is 14.8 Å². The topological polar surface area (TPSA) is 89.3 Å². The molecular formula is C14H16N2O3S. The summed E-state index contributed by atoms with van der Waals surface area (Å²) in [5, 5.41) is 1.76. The Hall–Kier alpha value is -1.92. The van der Waals surface area contributed by atoms with E-state index in [2.05, 4.69) is 4.72 Å². The number of benzene rings is 2. The first-order chi connectivity index (χ1) is 9.22. The summed E-state index contributed by atoms with van der Waals surface area (Å²) < 4.78 is 26.9. The van der Waals surface area contributed by atoms with Gasteiger partial charge in [-0.15, -0.1) is 0 Å². The number of primary amides is 1. The molecular weight excluding hydrogens is 276 g/mol. The first kappa shape index (κ1) is 14.5. The summed E-state index contributed by atoms with van der Waals surface area (Å²) in [5.74, 6) is -0.734. The van der Waals surface area contributed by atoms with Gasteiger partial charge >= 0.3 is 0 Å². The van der Waals surface area contributed by atoms with E-state index < -0.39 is 21.5 Å². The van der Waals surface area contributed by atoms with Gasteiger partial charge in [-0.3, -0.25) is 4.79 Å². The van der Waals surface area contributed by atoms with Crippen LogP contribution in [0.25, 0.3) is 10.8 Å². The summed E-state index contributed by atoms with van der Waals surface area (Å²) >= 11 is 0. The number of sulfonamides is 1. The maximum Gasteiger partial charge on any atom is 0.241 e. The molecule has 106 valence electrons. The number of carbonyl (C=O) groups excluding carboxylic acids is 1. The monoisotopic (exact) mass is 292 g/mol. The Labute approximate surface area is 117 Å². The van der Waals surface area contributed by atoms with Crippen LogP contribution < -0.4 is 10.5 Å². The number of rotatable bonds is 4. The van der Waals surface area contributed by atoms with Crippen molar-refractivity contribution in [3.63, 3.8) is 0 Å². The molecule has 0 unspecified atom stereocenters. The predicted octanol–water partition coefficient (Wildman–Crippen LogP) is 1.38. The smallest absolute Gasteiger partial charge is 0.241 e. The van der Waals surface area contributed by atoms with Crippen LogP contribution >= 0.6 is 0 Å². The van der Waals surface area contributed by atoms with Crippen molar-refractivity contribution in [1.29, 1.82) is 0 Å². The maximum atomic E-state index is 12.3. The highest BCUT2D eigenvalue weighted by Gasteiger charge is 2.31. The number of nitrogens with two attached hydrogens (primary N) is 1. The van der Waals surface area contributed by atoms with E-state index >= 15 is 0 Å². The van der Waals surface area contributed by atoms with E-state index in [1.165, 1.54) is 19.9 Å². The molecule has 0 aliphatic heterocycles. The number of carbonyl (C=O) groups is 1. The quantitative estimate of drug-likeness (QED) is 0.892. The zero-order chi connectivity index (χ0) is 15.0. The van der Waals surface area contributed by atoms with Crippen LogP contribution in [0.3, 0.4) is 0 Å². The van der Waals surface area contributed by atoms with Gasteiger partial charge in [-0.2, -0.15) is 4.72 Å². The van der Waals surface area contributed by atoms with Crippen molar-refractivity contribution < 1.29 is 13.2 Å². The molecule has 0 bridgehead atoms. The zero-order valence-electron chi connectivity index (χ0n) is 11.3. The predicted molar refractivity (Wildman–Crippen MR) is 77.5 cm³/mol. The minimum absolute atomic E-state index is 0.102. The van der Waals surface area contributed by atoms with Crippen LogP contribution in [0.2, 0.25) is 0 Å². The molecule has 20 heavy (non-hydrogen) atoms. The molecule has 0 fully saturated rings. The van der Waals surface area contributed by atoms with Gasteiger partial charge in [0.1, 0.15) is 5.54 Å². The Morgan fingerprint density at radius 3 is 2.30 bits per heavy atom. The van der Waals surface area contributed by atoms with E-state index in [0.717, 1.165) is 10.8 Å². The van der Waals surface area contributed by atoms with E-state index in [-0.39, 0.29) is 4.90 Å². The van der Waals surface area contributed by atoms with Gasteiger partial charge < -0.3 is 5.73 Å². The first-order valence-corrected chi connectivity index (χ1v) is 7.53. The fourth-order valence-electron chi connectivity index (χ4n) is 1.78. The van der Waals surface area contributed by atoms with Crippen molar-refractivity contribution >= 4 is 26.7 Å². The Bertz CT molecular complexity index is 767. The van der Waals surface area contributed by atoms with E-state index in [4.69, 9.17) is 5.73 Å². The molecule has 0 atom stereocenters. The number of fused-ring (bicyclic) bond motifs is 1. The highest BCUT2D eigenvalue weighted by Crippen LogP contribution is 2.20. The molecule has 2 rings (SSSR count). The second-order valence-corrected chi connectivity index (χ2v) is 6.79. The Morgan fingerprint density at radius 2 is 1.70 bits per heavy atom. The third-order valence-corrected chi connectivity index (χ3v) is 4.69. The number of nitrogens with one attached hydrogen (secondary N) is 1. The van der Waals surface area contributed by atoms with Gasteiger partial charge in [0.15, 0.2) is 0 Å². The molecule has 0 aliphatic carbocycles. The molecule has 0 radical (unpaired) electrons. The minimum Gasteiger partial charge on any atom is -0.368 e. The fourth-order valence-corrected chi connectivity index (χ4v) is 3.20. The molecule has 2 aromatic carbocycles. The van der Waals surface area contributed by atoms with Crippen molar-refractivity contribution in [2.45, 2.75) is 24.3 Å². The van der Waals surface area contributed by atoms with Crippen molar-refractivity contribution in [1.82, 2.24) is 4.72 Å². The van der Waals surface area contributed by atoms with Crippen LogP contribution in [0.5, 0.6) is 0 Å². The molecule has 3 N–H and O–H groups in total. The molecule has 0 aromatic heterocycles. The van der Waals surface area contributed by atoms with Crippen molar-refractivity contribution in [3.8, 4) is 0 Å². The van der Waals surface area contributed by atoms with Crippen LogP contribution in [0.15, 0.2) is 47.4 Å². The standard InChI is InChI=1S/C14H16N2O3S/c1-14(2,13(15)17)16-20(18,19)12-8-7-10-5-3-4-6-11(10)9-12/h3-9,16H,1-2H3,(H2,15,17). The van der Waals surface area contributed by atoms with Crippen molar-refractivity contribution in [2.24, 2.45) is 5.73 Å². The lowest BCUT2D eigenvalue weighted by Gasteiger charge is -2.22. The third-order valence-electron chi connectivity index (χ3n) is 3.04. The van der Waals surface area contributed by atoms with E-state index in [1.54, 1.807) is 12.1 Å². The molecule has 2 aromatic rings. The molecule has 0 spiro atoms. The summed E-state index contributed by atoms with van der Waals surface area (Å²) in [6, 6.07) is 12.2. The second kappa shape index (κ2) is 4.88. The molecule has 0 saturated heterocycles. The molecule has 0 heterocycles. The molecule has 5 nitrogen and oxygen atoms in total. The largest absolute Gasteiger partial charge is 0.368 e. The Kier molecular flexibility index (Phi) is 3.54. The van der Waals surface area contributed by atoms with Gasteiger partial charge in [-0.1, -0.05) is 30.3 Å². The van der Waals surface area contributed by atoms with Crippen LogP contribution in [-0.4, -0.2) is 19.9 Å². The minimum atomic E-state index is -3.81. The highest BCUT2D eigenvalue weighted by molar-refractivity contribution is 7.89. The van der Waals surface area contributed by atoms with E-state index in [9.17, 15) is 13.2 Å². The van der Waals surface area contributed by atoms with Crippen LogP contribution in [0.4, 0.5) is 0 Å². The first-order valence-electron chi connectivity index (χ1n) is 6.05. The Morgan fingerprint density at radius 1 is 1.10 bits per heavy atom. The summed E-state index contributed by atoms with van der Waals surface area (Å²) in [6.45, 7) is 2.85. The lowest BCUT2D eigenvalue weighted by atomic mass is 10.1. The van der Waals surface area contributed by atoms with Gasteiger partial charge in [0.2, 0.25) is 15.9 Å². The SMILES string of the molecule is CC(C)(NS(=O)(=O)c1ccc2ccccc2c1)C(N)=O. The van der Waals surface area contributed by atoms with Gasteiger partial charge in [-0.25, -0.2) is 8.42 Å². The molecule has 0 saturated carbocycles. The van der Waals surface area contributed by atoms with Crippen molar-refractivity contribution in [3.05, 3.63) is 42.5 Å². The van der Waals surface area contributed by atoms with Gasteiger partial charge in [0.25, 0.3) is 0 Å². The van der Waals surface area contributed by atoms with Gasteiger partial charge in [-0.05, 0) is 36.8 Å². The number of amides is 1. The van der Waals surface area contributed by atoms with E-state index in [1.807, 2.05) is 24.3 Å². The fraction of sp³-hybridized carbons (Fsp3) is 0.214. The Balaban J connectivity index is 2.44. The third kappa shape index (κ3) is 2.81. The van der Waals surface area contributed by atoms with Crippen LogP contribution in [0.1, 0.15) is 13.8 Å². The van der Waals surface area contributed by atoms with Gasteiger partial charge in [0, 0.05) is 0 Å². The van der Waals surface area contributed by atoms with Crippen molar-refractivity contribution in [2.75, 3.05) is 0 Å². The lowest BCUT2D eigenvalue weighted by Crippen LogP contribution is -2.52.